The van der Waals surface area contributed by atoms with E-state index < -0.39 is 0 Å². The van der Waals surface area contributed by atoms with E-state index in [0.29, 0.717) is 37.9 Å². The molecule has 4 amide bonds. The van der Waals surface area contributed by atoms with Crippen LogP contribution in [-0.4, -0.2) is 65.0 Å². The van der Waals surface area contributed by atoms with E-state index >= 15 is 0 Å². The van der Waals surface area contributed by atoms with Crippen molar-refractivity contribution in [2.75, 3.05) is 38.5 Å². The summed E-state index contributed by atoms with van der Waals surface area (Å²) in [7, 11) is 1.81. The highest BCUT2D eigenvalue weighted by molar-refractivity contribution is 7.22. The minimum absolute atomic E-state index is 0.0138. The number of para-hydroxylation sites is 1. The van der Waals surface area contributed by atoms with Crippen LogP contribution in [0.3, 0.4) is 0 Å². The van der Waals surface area contributed by atoms with Crippen LogP contribution in [0.5, 0.6) is 0 Å². The highest BCUT2D eigenvalue weighted by Crippen LogP contribution is 2.25. The summed E-state index contributed by atoms with van der Waals surface area (Å²) in [4.78, 5) is 34.9. The van der Waals surface area contributed by atoms with Gasteiger partial charge in [0.25, 0.3) is 0 Å². The van der Waals surface area contributed by atoms with E-state index in [9.17, 15) is 9.59 Å². The van der Waals surface area contributed by atoms with Crippen molar-refractivity contribution in [2.24, 2.45) is 0 Å². The molecule has 0 spiro atoms. The molecule has 0 saturated carbocycles. The van der Waals surface area contributed by atoms with Gasteiger partial charge in [0, 0.05) is 39.8 Å². The summed E-state index contributed by atoms with van der Waals surface area (Å²) >= 11 is 1.46. The number of rotatable bonds is 3. The van der Waals surface area contributed by atoms with Crippen LogP contribution in [0.2, 0.25) is 0 Å². The van der Waals surface area contributed by atoms with Crippen molar-refractivity contribution < 1.29 is 9.59 Å². The molecule has 1 aliphatic rings. The van der Waals surface area contributed by atoms with Gasteiger partial charge in [0.1, 0.15) is 0 Å². The molecule has 8 heteroatoms. The minimum Gasteiger partial charge on any atom is -0.323 e. The van der Waals surface area contributed by atoms with Crippen molar-refractivity contribution in [2.45, 2.75) is 6.54 Å². The van der Waals surface area contributed by atoms with Gasteiger partial charge in [-0.05, 0) is 17.7 Å². The number of piperazine rings is 1. The number of hydrogen-bond acceptors (Lipinski definition) is 4. The van der Waals surface area contributed by atoms with Crippen molar-refractivity contribution in [1.82, 2.24) is 19.7 Å². The predicted molar refractivity (Wildman–Crippen MR) is 115 cm³/mol. The van der Waals surface area contributed by atoms with E-state index in [1.807, 2.05) is 61.6 Å². The number of hydrogen-bond donors (Lipinski definition) is 1. The van der Waals surface area contributed by atoms with Gasteiger partial charge in [-0.3, -0.25) is 5.32 Å². The molecule has 1 aliphatic heterocycles. The van der Waals surface area contributed by atoms with E-state index in [-0.39, 0.29) is 12.1 Å². The highest BCUT2D eigenvalue weighted by Gasteiger charge is 2.26. The lowest BCUT2D eigenvalue weighted by Crippen LogP contribution is -2.54. The third kappa shape index (κ3) is 4.48. The lowest BCUT2D eigenvalue weighted by Gasteiger charge is -2.36. The van der Waals surface area contributed by atoms with Crippen LogP contribution in [0.1, 0.15) is 5.56 Å². The zero-order chi connectivity index (χ0) is 20.2. The van der Waals surface area contributed by atoms with Crippen LogP contribution in [0.15, 0.2) is 54.6 Å². The normalized spacial score (nSPS) is 14.1. The zero-order valence-corrected chi connectivity index (χ0v) is 17.1. The SMILES string of the molecule is CN(Cc1ccccc1)C(=O)N1CCN(C(=O)Nc2nc3ccccc3s2)CC1. The molecule has 29 heavy (non-hydrogen) atoms. The Bertz CT molecular complexity index is 965. The monoisotopic (exact) mass is 409 g/mol. The summed E-state index contributed by atoms with van der Waals surface area (Å²) in [6, 6.07) is 17.5. The maximum atomic E-state index is 12.7. The first kappa shape index (κ1) is 19.2. The predicted octanol–water partition coefficient (Wildman–Crippen LogP) is 3.70. The molecule has 2 aromatic carbocycles. The maximum Gasteiger partial charge on any atom is 0.323 e. The average molecular weight is 410 g/mol. The number of thiazole rings is 1. The van der Waals surface area contributed by atoms with Gasteiger partial charge in [-0.15, -0.1) is 0 Å². The fourth-order valence-electron chi connectivity index (χ4n) is 3.36. The molecular formula is C21H23N5O2S. The Morgan fingerprint density at radius 2 is 1.66 bits per heavy atom. The summed E-state index contributed by atoms with van der Waals surface area (Å²) in [6.07, 6.45) is 0. The van der Waals surface area contributed by atoms with Crippen LogP contribution in [0, 0.1) is 0 Å². The number of amides is 4. The lowest BCUT2D eigenvalue weighted by molar-refractivity contribution is 0.127. The number of benzene rings is 2. The van der Waals surface area contributed by atoms with Crippen molar-refractivity contribution in [3.8, 4) is 0 Å². The number of aromatic nitrogens is 1. The third-order valence-electron chi connectivity index (χ3n) is 4.93. The molecule has 1 N–H and O–H groups in total. The smallest absolute Gasteiger partial charge is 0.323 e. The van der Waals surface area contributed by atoms with Crippen LogP contribution >= 0.6 is 11.3 Å². The fourth-order valence-corrected chi connectivity index (χ4v) is 4.22. The Balaban J connectivity index is 1.29. The Morgan fingerprint density at radius 1 is 1.00 bits per heavy atom. The van der Waals surface area contributed by atoms with Gasteiger partial charge in [-0.1, -0.05) is 53.8 Å². The minimum atomic E-state index is -0.172. The number of nitrogens with one attached hydrogen (secondary N) is 1. The second kappa shape index (κ2) is 8.48. The van der Waals surface area contributed by atoms with Crippen molar-refractivity contribution in [1.29, 1.82) is 0 Å². The molecule has 1 aromatic heterocycles. The summed E-state index contributed by atoms with van der Waals surface area (Å²) < 4.78 is 1.04. The van der Waals surface area contributed by atoms with E-state index in [2.05, 4.69) is 10.3 Å². The first-order valence-electron chi connectivity index (χ1n) is 9.55. The second-order valence-electron chi connectivity index (χ2n) is 7.02. The average Bonchev–Trinajstić information content (AvgIpc) is 3.16. The molecule has 0 unspecified atom stereocenters. The molecule has 150 valence electrons. The molecule has 2 heterocycles. The number of nitrogens with zero attached hydrogens (tertiary/aromatic N) is 4. The van der Waals surface area contributed by atoms with E-state index in [0.717, 1.165) is 15.8 Å². The van der Waals surface area contributed by atoms with Crippen LogP contribution in [-0.2, 0) is 6.54 Å². The number of fused-ring (bicyclic) bond motifs is 1. The van der Waals surface area contributed by atoms with Gasteiger partial charge >= 0.3 is 12.1 Å². The molecule has 0 bridgehead atoms. The van der Waals surface area contributed by atoms with Gasteiger partial charge < -0.3 is 14.7 Å². The molecule has 0 radical (unpaired) electrons. The van der Waals surface area contributed by atoms with E-state index in [1.54, 1.807) is 14.7 Å². The largest absolute Gasteiger partial charge is 0.323 e. The quantitative estimate of drug-likeness (QED) is 0.717. The molecule has 0 atom stereocenters. The Kier molecular flexibility index (Phi) is 5.62. The molecule has 1 fully saturated rings. The zero-order valence-electron chi connectivity index (χ0n) is 16.2. The van der Waals surface area contributed by atoms with Crippen LogP contribution < -0.4 is 5.32 Å². The third-order valence-corrected chi connectivity index (χ3v) is 5.89. The van der Waals surface area contributed by atoms with Gasteiger partial charge in [0.2, 0.25) is 0 Å². The summed E-state index contributed by atoms with van der Waals surface area (Å²) in [5.74, 6) is 0. The van der Waals surface area contributed by atoms with Gasteiger partial charge in [-0.25, -0.2) is 14.6 Å². The molecule has 3 aromatic rings. The maximum absolute atomic E-state index is 12.7. The fraction of sp³-hybridized carbons (Fsp3) is 0.286. The molecule has 0 aliphatic carbocycles. The standard InChI is InChI=1S/C21H23N5O2S/c1-24(15-16-7-3-2-4-8-16)21(28)26-13-11-25(12-14-26)20(27)23-19-22-17-9-5-6-10-18(17)29-19/h2-10H,11-15H2,1H3,(H,22,23,27). The van der Waals surface area contributed by atoms with Crippen LogP contribution in [0.4, 0.5) is 14.7 Å². The van der Waals surface area contributed by atoms with Crippen molar-refractivity contribution in [3.05, 3.63) is 60.2 Å². The number of urea groups is 2. The van der Waals surface area contributed by atoms with Crippen LogP contribution in [0.25, 0.3) is 10.2 Å². The first-order chi connectivity index (χ1) is 14.1. The molecule has 7 nitrogen and oxygen atoms in total. The highest BCUT2D eigenvalue weighted by atomic mass is 32.1. The second-order valence-corrected chi connectivity index (χ2v) is 8.05. The Hall–Kier alpha value is -3.13. The molecule has 1 saturated heterocycles. The number of carbonyl (C=O) groups is 2. The van der Waals surface area contributed by atoms with Gasteiger partial charge in [-0.2, -0.15) is 0 Å². The first-order valence-corrected chi connectivity index (χ1v) is 10.4. The topological polar surface area (TPSA) is 68.8 Å². The molecular weight excluding hydrogens is 386 g/mol. The number of anilines is 1. The lowest BCUT2D eigenvalue weighted by atomic mass is 10.2. The summed E-state index contributed by atoms with van der Waals surface area (Å²) in [5.41, 5.74) is 1.97. The van der Waals surface area contributed by atoms with Gasteiger partial charge in [0.15, 0.2) is 5.13 Å². The summed E-state index contributed by atoms with van der Waals surface area (Å²) in [6.45, 7) is 2.61. The van der Waals surface area contributed by atoms with E-state index in [1.165, 1.54) is 11.3 Å². The van der Waals surface area contributed by atoms with Gasteiger partial charge in [0.05, 0.1) is 10.2 Å². The van der Waals surface area contributed by atoms with E-state index in [4.69, 9.17) is 0 Å². The number of carbonyl (C=O) groups excluding carboxylic acids is 2. The Morgan fingerprint density at radius 3 is 2.38 bits per heavy atom. The summed E-state index contributed by atoms with van der Waals surface area (Å²) in [5, 5.41) is 3.48. The van der Waals surface area contributed by atoms with Crippen molar-refractivity contribution >= 4 is 38.7 Å². The van der Waals surface area contributed by atoms with Crippen molar-refractivity contribution in [3.63, 3.8) is 0 Å². The molecule has 4 rings (SSSR count). The Labute approximate surface area is 173 Å².